The van der Waals surface area contributed by atoms with Crippen molar-refractivity contribution in [2.75, 3.05) is 6.61 Å². The van der Waals surface area contributed by atoms with Gasteiger partial charge in [-0.25, -0.2) is 0 Å². The van der Waals surface area contributed by atoms with Gasteiger partial charge in [0.15, 0.2) is 0 Å². The number of hydrogen-bond donors (Lipinski definition) is 2. The molecule has 0 aliphatic heterocycles. The first kappa shape index (κ1) is 39.0. The minimum absolute atomic E-state index is 0. The molecule has 0 aromatic heterocycles. The molecule has 0 rings (SSSR count). The van der Waals surface area contributed by atoms with Gasteiger partial charge in [0.05, 0.1) is 18.5 Å². The van der Waals surface area contributed by atoms with Crippen molar-refractivity contribution in [3.63, 3.8) is 0 Å². The number of aliphatic hydroxyl groups excluding tert-OH is 1. The Kier molecular flexibility index (Phi) is 37.0. The minimum atomic E-state index is -2.97. The van der Waals surface area contributed by atoms with Crippen molar-refractivity contribution < 1.29 is 168 Å². The van der Waals surface area contributed by atoms with Gasteiger partial charge in [-0.3, -0.25) is 0 Å². The van der Waals surface area contributed by atoms with Crippen LogP contribution < -0.4 is 139 Å². The van der Waals surface area contributed by atoms with E-state index in [1.54, 1.807) is 0 Å². The van der Waals surface area contributed by atoms with Crippen molar-refractivity contribution in [1.29, 1.82) is 0 Å². The van der Waals surface area contributed by atoms with Crippen LogP contribution in [0.4, 0.5) is 0 Å². The molecule has 2 N–H and O–H groups in total. The Hall–Kier alpha value is 1.80. The third-order valence-electron chi connectivity index (χ3n) is 1.38. The van der Waals surface area contributed by atoms with Crippen LogP contribution in [0.1, 0.15) is 12.8 Å². The smallest absolute Gasteiger partial charge is 0.550 e. The number of aliphatic hydroxyl groups is 2. The molecule has 0 aromatic carbocycles. The number of carboxylic acids is 4. The van der Waals surface area contributed by atoms with Gasteiger partial charge in [-0.2, -0.15) is 0 Å². The van der Waals surface area contributed by atoms with E-state index in [0.717, 1.165) is 0 Å². The number of hydrogen-bond acceptors (Lipinski definition) is 10. The third-order valence-corrected chi connectivity index (χ3v) is 1.38. The Morgan fingerprint density at radius 2 is 0.955 bits per heavy atom. The third kappa shape index (κ3) is 24.1. The molecule has 0 atom stereocenters. The first-order valence-corrected chi connectivity index (χ1v) is 4.19. The van der Waals surface area contributed by atoms with E-state index >= 15 is 0 Å². The van der Waals surface area contributed by atoms with Gasteiger partial charge in [0.25, 0.3) is 0 Å². The van der Waals surface area contributed by atoms with Crippen molar-refractivity contribution in [2.24, 2.45) is 0 Å². The summed E-state index contributed by atoms with van der Waals surface area (Å²) in [4.78, 5) is 39.0. The summed E-state index contributed by atoms with van der Waals surface area (Å²) >= 11 is 0. The molecule has 0 aliphatic rings. The fourth-order valence-electron chi connectivity index (χ4n) is 0.684. The molecule has 0 radical (unpaired) electrons. The zero-order valence-electron chi connectivity index (χ0n) is 12.8. The molecule has 0 bridgehead atoms. The van der Waals surface area contributed by atoms with Crippen LogP contribution in [0.15, 0.2) is 0 Å². The largest absolute Gasteiger partial charge is 1.00 e. The van der Waals surface area contributed by atoms with E-state index < -0.39 is 48.9 Å². The van der Waals surface area contributed by atoms with Crippen LogP contribution in [0.2, 0.25) is 0 Å². The topological polar surface area (TPSA) is 201 Å². The minimum Gasteiger partial charge on any atom is -0.550 e. The first-order valence-electron chi connectivity index (χ1n) is 4.19. The fourth-order valence-corrected chi connectivity index (χ4v) is 0.684. The van der Waals surface area contributed by atoms with Gasteiger partial charge in [-0.05, 0) is 0 Å². The number of rotatable bonds is 6. The molecule has 14 heteroatoms. The molecule has 0 saturated heterocycles. The molecule has 0 aromatic rings. The Bertz CT molecular complexity index is 332. The summed E-state index contributed by atoms with van der Waals surface area (Å²) in [5.74, 6) is -7.42. The summed E-state index contributed by atoms with van der Waals surface area (Å²) in [6, 6.07) is 0. The molecule has 104 valence electrons. The summed E-state index contributed by atoms with van der Waals surface area (Å²) in [7, 11) is 0. The predicted molar refractivity (Wildman–Crippen MR) is 41.3 cm³/mol. The van der Waals surface area contributed by atoms with Gasteiger partial charge >= 0.3 is 118 Å². The molecule has 0 saturated carbocycles. The van der Waals surface area contributed by atoms with Gasteiger partial charge in [0.2, 0.25) is 0 Å². The van der Waals surface area contributed by atoms with Crippen molar-refractivity contribution in [1.82, 2.24) is 0 Å². The number of carboxylic acid groups (broad SMARTS) is 4. The van der Waals surface area contributed by atoms with Crippen molar-refractivity contribution in [3.05, 3.63) is 0 Å². The van der Waals surface area contributed by atoms with E-state index in [-0.39, 0.29) is 118 Å². The average molecular weight is 356 g/mol. The molecule has 0 amide bonds. The van der Waals surface area contributed by atoms with E-state index in [0.29, 0.717) is 0 Å². The molecule has 10 nitrogen and oxygen atoms in total. The standard InChI is InChI=1S/C6H8O7.C2H4O3.4Na/c7-3(8)1-6(13,5(11)12)2-4(9)10;3-1-2(4)5;;;;/h13H,1-2H2,(H,7,8)(H,9,10)(H,11,12);3H,1H2,(H,4,5);;;;/q;;4*+1/p-4. The SMILES string of the molecule is O=C([O-])CC(O)(CC(=O)[O-])C(=O)[O-].O=C([O-])CO.[Na+].[Na+].[Na+].[Na+]. The van der Waals surface area contributed by atoms with Crippen molar-refractivity contribution in [3.8, 4) is 0 Å². The van der Waals surface area contributed by atoms with Gasteiger partial charge in [-0.15, -0.1) is 0 Å². The Labute approximate surface area is 213 Å². The monoisotopic (exact) mass is 356 g/mol. The maximum atomic E-state index is 10.1. The summed E-state index contributed by atoms with van der Waals surface area (Å²) in [6.45, 7) is -0.889. The maximum absolute atomic E-state index is 10.1. The molecule has 22 heavy (non-hydrogen) atoms. The van der Waals surface area contributed by atoms with Crippen LogP contribution >= 0.6 is 0 Å². The first-order chi connectivity index (χ1) is 8.05. The second-order valence-corrected chi connectivity index (χ2v) is 2.95. The normalized spacial score (nSPS) is 8.09. The number of carbonyl (C=O) groups excluding carboxylic acids is 4. The van der Waals surface area contributed by atoms with Crippen LogP contribution in [-0.4, -0.2) is 46.3 Å². The Balaban J connectivity index is -0.0000000627. The second kappa shape index (κ2) is 20.8. The summed E-state index contributed by atoms with van der Waals surface area (Å²) in [5.41, 5.74) is -2.97. The number of aliphatic carboxylic acids is 4. The van der Waals surface area contributed by atoms with E-state index in [1.807, 2.05) is 0 Å². The maximum Gasteiger partial charge on any atom is 1.00 e. The van der Waals surface area contributed by atoms with E-state index in [4.69, 9.17) is 20.1 Å². The van der Waals surface area contributed by atoms with Crippen molar-refractivity contribution in [2.45, 2.75) is 18.4 Å². The van der Waals surface area contributed by atoms with Gasteiger partial charge in [0, 0.05) is 24.8 Å². The predicted octanol–water partition coefficient (Wildman–Crippen LogP) is -19.5. The summed E-state index contributed by atoms with van der Waals surface area (Å²) in [6.07, 6.45) is -2.72. The van der Waals surface area contributed by atoms with Crippen LogP contribution in [-0.2, 0) is 19.2 Å². The van der Waals surface area contributed by atoms with Gasteiger partial charge in [0.1, 0.15) is 5.60 Å². The molecule has 0 heterocycles. The number of carbonyl (C=O) groups is 4. The van der Waals surface area contributed by atoms with Gasteiger partial charge < -0.3 is 49.8 Å². The summed E-state index contributed by atoms with van der Waals surface area (Å²) < 4.78 is 0. The summed E-state index contributed by atoms with van der Waals surface area (Å²) in [5, 5.41) is 55.4. The second-order valence-electron chi connectivity index (χ2n) is 2.95. The zero-order chi connectivity index (χ0) is 14.9. The molecular formula is C8H8Na4O10. The molecule has 0 spiro atoms. The Morgan fingerprint density at radius 3 is 1.05 bits per heavy atom. The molecule has 0 fully saturated rings. The molecule has 0 aliphatic carbocycles. The van der Waals surface area contributed by atoms with E-state index in [1.165, 1.54) is 0 Å². The van der Waals surface area contributed by atoms with Crippen LogP contribution in [0, 0.1) is 0 Å². The van der Waals surface area contributed by atoms with E-state index in [2.05, 4.69) is 0 Å². The van der Waals surface area contributed by atoms with Crippen LogP contribution in [0.5, 0.6) is 0 Å². The van der Waals surface area contributed by atoms with Crippen LogP contribution in [0.25, 0.3) is 0 Å². The average Bonchev–Trinajstić information content (AvgIpc) is 2.15. The van der Waals surface area contributed by atoms with Crippen LogP contribution in [0.3, 0.4) is 0 Å². The van der Waals surface area contributed by atoms with Gasteiger partial charge in [-0.1, -0.05) is 0 Å². The molecular weight excluding hydrogens is 348 g/mol. The fraction of sp³-hybridized carbons (Fsp3) is 0.500. The molecule has 0 unspecified atom stereocenters. The zero-order valence-corrected chi connectivity index (χ0v) is 20.8. The van der Waals surface area contributed by atoms with E-state index in [9.17, 15) is 29.7 Å². The quantitative estimate of drug-likeness (QED) is 0.430. The van der Waals surface area contributed by atoms with Crippen molar-refractivity contribution >= 4 is 23.9 Å². The Morgan fingerprint density at radius 1 is 0.727 bits per heavy atom.